The first kappa shape index (κ1) is 14.0. The van der Waals surface area contributed by atoms with Crippen molar-refractivity contribution in [2.45, 2.75) is 52.2 Å². The van der Waals surface area contributed by atoms with Crippen molar-refractivity contribution in [2.75, 3.05) is 13.7 Å². The van der Waals surface area contributed by atoms with Gasteiger partial charge in [0.15, 0.2) is 0 Å². The van der Waals surface area contributed by atoms with Crippen LogP contribution in [-0.4, -0.2) is 18.6 Å². The first-order chi connectivity index (χ1) is 8.67. The van der Waals surface area contributed by atoms with Gasteiger partial charge in [-0.15, -0.1) is 11.3 Å². The van der Waals surface area contributed by atoms with Crippen LogP contribution in [0.5, 0.6) is 0 Å². The van der Waals surface area contributed by atoms with E-state index in [1.807, 2.05) is 18.4 Å². The highest BCUT2D eigenvalue weighted by Gasteiger charge is 2.35. The van der Waals surface area contributed by atoms with Crippen molar-refractivity contribution in [1.82, 2.24) is 10.3 Å². The second-order valence-corrected chi connectivity index (χ2v) is 6.37. The minimum atomic E-state index is 0.239. The number of hydrogen-bond donors (Lipinski definition) is 1. The zero-order valence-electron chi connectivity index (χ0n) is 11.8. The Morgan fingerprint density at radius 3 is 2.67 bits per heavy atom. The van der Waals surface area contributed by atoms with Crippen molar-refractivity contribution in [2.24, 2.45) is 5.92 Å². The fourth-order valence-electron chi connectivity index (χ4n) is 2.23. The van der Waals surface area contributed by atoms with Gasteiger partial charge < -0.3 is 10.1 Å². The summed E-state index contributed by atoms with van der Waals surface area (Å²) in [5.41, 5.74) is 1.25. The number of nitrogens with one attached hydrogen (secondary N) is 1. The summed E-state index contributed by atoms with van der Waals surface area (Å²) in [6.07, 6.45) is 2.83. The number of ether oxygens (including phenoxy) is 1. The highest BCUT2D eigenvalue weighted by molar-refractivity contribution is 7.11. The molecule has 0 saturated heterocycles. The van der Waals surface area contributed by atoms with Crippen LogP contribution in [0.1, 0.15) is 61.2 Å². The summed E-state index contributed by atoms with van der Waals surface area (Å²) < 4.78 is 5.91. The van der Waals surface area contributed by atoms with E-state index in [1.54, 1.807) is 0 Å². The van der Waals surface area contributed by atoms with E-state index in [1.165, 1.54) is 28.4 Å². The molecule has 0 aliphatic heterocycles. The van der Waals surface area contributed by atoms with Crippen LogP contribution in [-0.2, 0) is 11.3 Å². The van der Waals surface area contributed by atoms with Crippen LogP contribution in [0, 0.1) is 5.92 Å². The number of rotatable bonds is 7. The molecule has 1 aromatic heterocycles. The van der Waals surface area contributed by atoms with Crippen LogP contribution >= 0.6 is 11.3 Å². The van der Waals surface area contributed by atoms with Crippen LogP contribution in [0.2, 0.25) is 0 Å². The minimum Gasteiger partial charge on any atom is -0.371 e. The van der Waals surface area contributed by atoms with Gasteiger partial charge in [0.25, 0.3) is 0 Å². The van der Waals surface area contributed by atoms with Gasteiger partial charge in [-0.25, -0.2) is 4.98 Å². The zero-order valence-corrected chi connectivity index (χ0v) is 12.6. The van der Waals surface area contributed by atoms with Crippen molar-refractivity contribution in [3.05, 3.63) is 15.6 Å². The molecule has 1 saturated carbocycles. The zero-order chi connectivity index (χ0) is 13.1. The van der Waals surface area contributed by atoms with Crippen molar-refractivity contribution >= 4 is 11.3 Å². The normalized spacial score (nSPS) is 17.4. The average Bonchev–Trinajstić information content (AvgIpc) is 3.07. The number of hydrogen-bond acceptors (Lipinski definition) is 4. The fourth-order valence-corrected chi connectivity index (χ4v) is 3.61. The number of nitrogens with zero attached hydrogens (tertiary/aromatic N) is 1. The molecule has 18 heavy (non-hydrogen) atoms. The Hall–Kier alpha value is -0.450. The topological polar surface area (TPSA) is 34.1 Å². The number of aromatic nitrogens is 1. The second kappa shape index (κ2) is 6.13. The third-order valence-corrected chi connectivity index (χ3v) is 4.40. The van der Waals surface area contributed by atoms with E-state index in [2.05, 4.69) is 26.1 Å². The number of thiazole rings is 1. The lowest BCUT2D eigenvalue weighted by molar-refractivity contribution is 0.0461. The van der Waals surface area contributed by atoms with Crippen LogP contribution in [0.4, 0.5) is 0 Å². The molecular formula is C14H24N2OS. The summed E-state index contributed by atoms with van der Waals surface area (Å²) >= 11 is 1.83. The molecule has 3 nitrogen and oxygen atoms in total. The van der Waals surface area contributed by atoms with Crippen LogP contribution in [0.3, 0.4) is 0 Å². The van der Waals surface area contributed by atoms with E-state index in [-0.39, 0.29) is 6.10 Å². The Kier molecular flexibility index (Phi) is 4.76. The molecule has 0 amide bonds. The molecular weight excluding hydrogens is 244 g/mol. The maximum atomic E-state index is 5.91. The van der Waals surface area contributed by atoms with E-state index in [9.17, 15) is 0 Å². The summed E-state index contributed by atoms with van der Waals surface area (Å²) in [7, 11) is 1.99. The van der Waals surface area contributed by atoms with Crippen molar-refractivity contribution < 1.29 is 4.74 Å². The molecule has 1 N–H and O–H groups in total. The summed E-state index contributed by atoms with van der Waals surface area (Å²) in [4.78, 5) is 6.23. The first-order valence-corrected chi connectivity index (χ1v) is 7.74. The van der Waals surface area contributed by atoms with E-state index in [0.29, 0.717) is 11.8 Å². The van der Waals surface area contributed by atoms with Gasteiger partial charge in [0.1, 0.15) is 11.1 Å². The van der Waals surface area contributed by atoms with Crippen molar-refractivity contribution in [3.63, 3.8) is 0 Å². The van der Waals surface area contributed by atoms with Gasteiger partial charge in [0.2, 0.25) is 0 Å². The first-order valence-electron chi connectivity index (χ1n) is 6.93. The highest BCUT2D eigenvalue weighted by atomic mass is 32.1. The Morgan fingerprint density at radius 2 is 2.17 bits per heavy atom. The van der Waals surface area contributed by atoms with E-state index in [0.717, 1.165) is 13.2 Å². The maximum Gasteiger partial charge on any atom is 0.122 e. The molecule has 0 spiro atoms. The van der Waals surface area contributed by atoms with Gasteiger partial charge in [-0.3, -0.25) is 0 Å². The molecule has 102 valence electrons. The van der Waals surface area contributed by atoms with Gasteiger partial charge in [0.05, 0.1) is 5.69 Å². The third-order valence-electron chi connectivity index (χ3n) is 3.27. The highest BCUT2D eigenvalue weighted by Crippen LogP contribution is 2.45. The molecule has 1 heterocycles. The van der Waals surface area contributed by atoms with Gasteiger partial charge in [-0.1, -0.05) is 13.8 Å². The second-order valence-electron chi connectivity index (χ2n) is 5.26. The molecule has 4 heteroatoms. The lowest BCUT2D eigenvalue weighted by Crippen LogP contribution is -2.07. The Labute approximate surface area is 114 Å². The van der Waals surface area contributed by atoms with Crippen LogP contribution < -0.4 is 5.32 Å². The fraction of sp³-hybridized carbons (Fsp3) is 0.786. The molecule has 1 atom stereocenters. The van der Waals surface area contributed by atoms with E-state index in [4.69, 9.17) is 9.72 Å². The third kappa shape index (κ3) is 3.11. The molecule has 0 bridgehead atoms. The molecule has 1 aliphatic rings. The molecule has 0 radical (unpaired) electrons. The molecule has 1 fully saturated rings. The minimum absolute atomic E-state index is 0.239. The quantitative estimate of drug-likeness (QED) is 0.822. The molecule has 1 aromatic rings. The van der Waals surface area contributed by atoms with E-state index >= 15 is 0 Å². The van der Waals surface area contributed by atoms with Crippen LogP contribution in [0.15, 0.2) is 0 Å². The van der Waals surface area contributed by atoms with Crippen molar-refractivity contribution in [1.29, 1.82) is 0 Å². The lowest BCUT2D eigenvalue weighted by Gasteiger charge is -2.13. The van der Waals surface area contributed by atoms with Crippen molar-refractivity contribution in [3.8, 4) is 0 Å². The smallest absolute Gasteiger partial charge is 0.122 e. The Balaban J connectivity index is 2.23. The standard InChI is InChI=1S/C14H24N2OS/c1-5-17-13(10-6-7-10)14-16-12(9(2)3)11(18-14)8-15-4/h9-10,13,15H,5-8H2,1-4H3. The molecule has 0 aromatic carbocycles. The maximum absolute atomic E-state index is 5.91. The summed E-state index contributed by atoms with van der Waals surface area (Å²) in [5, 5.41) is 4.43. The van der Waals surface area contributed by atoms with Crippen LogP contribution in [0.25, 0.3) is 0 Å². The monoisotopic (exact) mass is 268 g/mol. The largest absolute Gasteiger partial charge is 0.371 e. The molecule has 2 rings (SSSR count). The van der Waals surface area contributed by atoms with Gasteiger partial charge in [0, 0.05) is 18.0 Å². The Morgan fingerprint density at radius 1 is 1.44 bits per heavy atom. The Bertz CT molecular complexity index is 385. The lowest BCUT2D eigenvalue weighted by atomic mass is 10.1. The summed E-state index contributed by atoms with van der Waals surface area (Å²) in [5.74, 6) is 1.19. The summed E-state index contributed by atoms with van der Waals surface area (Å²) in [6.45, 7) is 8.18. The summed E-state index contributed by atoms with van der Waals surface area (Å²) in [6, 6.07) is 0. The van der Waals surface area contributed by atoms with Gasteiger partial charge >= 0.3 is 0 Å². The molecule has 1 aliphatic carbocycles. The van der Waals surface area contributed by atoms with Gasteiger partial charge in [-0.05, 0) is 38.6 Å². The molecule has 1 unspecified atom stereocenters. The average molecular weight is 268 g/mol. The van der Waals surface area contributed by atoms with E-state index < -0.39 is 0 Å². The predicted octanol–water partition coefficient (Wildman–Crippen LogP) is 3.47. The SMILES string of the molecule is CCOC(c1nc(C(C)C)c(CNC)s1)C1CC1. The predicted molar refractivity (Wildman–Crippen MR) is 76.1 cm³/mol. The van der Waals surface area contributed by atoms with Gasteiger partial charge in [-0.2, -0.15) is 0 Å².